The average molecular weight is 421 g/mol. The molecular weight excluding hydrogens is 394 g/mol. The molecule has 2 atom stereocenters. The van der Waals surface area contributed by atoms with Gasteiger partial charge in [-0.25, -0.2) is 4.68 Å². The summed E-state index contributed by atoms with van der Waals surface area (Å²) in [6.07, 6.45) is -0.0224. The summed E-state index contributed by atoms with van der Waals surface area (Å²) in [5, 5.41) is 4.78. The van der Waals surface area contributed by atoms with Gasteiger partial charge in [0.1, 0.15) is 17.2 Å². The lowest BCUT2D eigenvalue weighted by atomic mass is 10.1. The van der Waals surface area contributed by atoms with Crippen LogP contribution in [0.3, 0.4) is 0 Å². The second kappa shape index (κ2) is 8.81. The van der Waals surface area contributed by atoms with Gasteiger partial charge >= 0.3 is 0 Å². The zero-order valence-corrected chi connectivity index (χ0v) is 18.2. The standard InChI is InChI=1S/C24H27N3O4/c1-16-14-26(15-17(2)31-16)24(28)23-13-22(18-6-5-7-21(12-18)30-4)25-27(23)19-8-10-20(29-3)11-9-19/h5-13,16-17H,14-15H2,1-4H3/t16-,17-/m1/s1. The van der Waals surface area contributed by atoms with E-state index in [1.807, 2.05) is 73.3 Å². The van der Waals surface area contributed by atoms with Gasteiger partial charge in [0, 0.05) is 18.7 Å². The Kier molecular flexibility index (Phi) is 5.95. The molecule has 0 unspecified atom stereocenters. The maximum atomic E-state index is 13.5. The highest BCUT2D eigenvalue weighted by Crippen LogP contribution is 2.27. The molecule has 1 amide bonds. The summed E-state index contributed by atoms with van der Waals surface area (Å²) in [6.45, 7) is 5.06. The molecule has 4 rings (SSSR count). The molecule has 1 saturated heterocycles. The Labute approximate surface area is 182 Å². The molecule has 2 aromatic carbocycles. The first kappa shape index (κ1) is 20.9. The fourth-order valence-corrected chi connectivity index (χ4v) is 3.88. The van der Waals surface area contributed by atoms with Crippen molar-refractivity contribution in [2.24, 2.45) is 0 Å². The van der Waals surface area contributed by atoms with Crippen LogP contribution in [0, 0.1) is 0 Å². The van der Waals surface area contributed by atoms with E-state index in [2.05, 4.69) is 0 Å². The number of aromatic nitrogens is 2. The fraction of sp³-hybridized carbons (Fsp3) is 0.333. The number of nitrogens with zero attached hydrogens (tertiary/aromatic N) is 3. The summed E-state index contributed by atoms with van der Waals surface area (Å²) in [6, 6.07) is 17.0. The molecule has 3 aromatic rings. The molecule has 1 fully saturated rings. The Balaban J connectivity index is 1.77. The molecule has 0 saturated carbocycles. The van der Waals surface area contributed by atoms with Gasteiger partial charge in [0.15, 0.2) is 0 Å². The smallest absolute Gasteiger partial charge is 0.272 e. The monoisotopic (exact) mass is 421 g/mol. The molecule has 1 aliphatic rings. The minimum absolute atomic E-state index is 0.0112. The molecule has 0 aliphatic carbocycles. The third kappa shape index (κ3) is 4.41. The number of rotatable bonds is 5. The number of methoxy groups -OCH3 is 2. The van der Waals surface area contributed by atoms with Crippen molar-refractivity contribution in [1.82, 2.24) is 14.7 Å². The third-order valence-corrected chi connectivity index (χ3v) is 5.32. The summed E-state index contributed by atoms with van der Waals surface area (Å²) < 4.78 is 18.1. The minimum Gasteiger partial charge on any atom is -0.497 e. The number of amides is 1. The summed E-state index contributed by atoms with van der Waals surface area (Å²) in [4.78, 5) is 15.4. The number of ether oxygens (including phenoxy) is 3. The second-order valence-electron chi connectivity index (χ2n) is 7.72. The Morgan fingerprint density at radius 1 is 0.968 bits per heavy atom. The van der Waals surface area contributed by atoms with Crippen LogP contribution in [-0.4, -0.2) is 60.1 Å². The van der Waals surface area contributed by atoms with Crippen molar-refractivity contribution in [2.45, 2.75) is 26.1 Å². The van der Waals surface area contributed by atoms with Crippen LogP contribution in [0.2, 0.25) is 0 Å². The Morgan fingerprint density at radius 3 is 2.29 bits per heavy atom. The van der Waals surface area contributed by atoms with Crippen molar-refractivity contribution in [1.29, 1.82) is 0 Å². The van der Waals surface area contributed by atoms with Crippen LogP contribution in [0.25, 0.3) is 16.9 Å². The lowest BCUT2D eigenvalue weighted by Gasteiger charge is -2.35. The van der Waals surface area contributed by atoms with Crippen molar-refractivity contribution >= 4 is 5.91 Å². The van der Waals surface area contributed by atoms with Crippen LogP contribution in [0.4, 0.5) is 0 Å². The quantitative estimate of drug-likeness (QED) is 0.627. The van der Waals surface area contributed by atoms with E-state index in [1.165, 1.54) is 0 Å². The number of carbonyl (C=O) groups excluding carboxylic acids is 1. The lowest BCUT2D eigenvalue weighted by molar-refractivity contribution is -0.0588. The molecule has 0 radical (unpaired) electrons. The summed E-state index contributed by atoms with van der Waals surface area (Å²) in [7, 11) is 3.25. The minimum atomic E-state index is -0.0699. The number of morpholine rings is 1. The number of hydrogen-bond donors (Lipinski definition) is 0. The number of benzene rings is 2. The van der Waals surface area contributed by atoms with E-state index in [9.17, 15) is 4.79 Å². The first-order valence-electron chi connectivity index (χ1n) is 10.3. The molecule has 0 spiro atoms. The second-order valence-corrected chi connectivity index (χ2v) is 7.72. The van der Waals surface area contributed by atoms with Crippen molar-refractivity contribution in [3.8, 4) is 28.4 Å². The van der Waals surface area contributed by atoms with Crippen molar-refractivity contribution in [3.63, 3.8) is 0 Å². The van der Waals surface area contributed by atoms with Crippen molar-refractivity contribution < 1.29 is 19.0 Å². The van der Waals surface area contributed by atoms with Gasteiger partial charge in [-0.3, -0.25) is 4.79 Å². The normalized spacial score (nSPS) is 18.6. The zero-order chi connectivity index (χ0) is 22.0. The molecule has 162 valence electrons. The van der Waals surface area contributed by atoms with Crippen LogP contribution in [-0.2, 0) is 4.74 Å². The molecule has 7 nitrogen and oxygen atoms in total. The van der Waals surface area contributed by atoms with Crippen LogP contribution >= 0.6 is 0 Å². The van der Waals surface area contributed by atoms with Crippen LogP contribution < -0.4 is 9.47 Å². The fourth-order valence-electron chi connectivity index (χ4n) is 3.88. The van der Waals surface area contributed by atoms with Crippen molar-refractivity contribution in [2.75, 3.05) is 27.3 Å². The molecule has 31 heavy (non-hydrogen) atoms. The summed E-state index contributed by atoms with van der Waals surface area (Å²) >= 11 is 0. The highest BCUT2D eigenvalue weighted by Gasteiger charge is 2.29. The van der Waals surface area contributed by atoms with Gasteiger partial charge in [-0.05, 0) is 56.3 Å². The molecule has 1 aromatic heterocycles. The Morgan fingerprint density at radius 2 is 1.65 bits per heavy atom. The van der Waals surface area contributed by atoms with E-state index < -0.39 is 0 Å². The van der Waals surface area contributed by atoms with Gasteiger partial charge in [0.2, 0.25) is 0 Å². The Hall–Kier alpha value is -3.32. The third-order valence-electron chi connectivity index (χ3n) is 5.32. The molecular formula is C24H27N3O4. The van der Waals surface area contributed by atoms with E-state index >= 15 is 0 Å². The van der Waals surface area contributed by atoms with E-state index in [0.29, 0.717) is 24.5 Å². The van der Waals surface area contributed by atoms with Crippen LogP contribution in [0.15, 0.2) is 54.6 Å². The topological polar surface area (TPSA) is 65.8 Å². The summed E-state index contributed by atoms with van der Waals surface area (Å²) in [5.41, 5.74) is 2.87. The highest BCUT2D eigenvalue weighted by atomic mass is 16.5. The van der Waals surface area contributed by atoms with Gasteiger partial charge in [-0.1, -0.05) is 12.1 Å². The Bertz CT molecular complexity index is 1050. The molecule has 0 bridgehead atoms. The van der Waals surface area contributed by atoms with Gasteiger partial charge in [-0.15, -0.1) is 0 Å². The predicted molar refractivity (Wildman–Crippen MR) is 118 cm³/mol. The highest BCUT2D eigenvalue weighted by molar-refractivity contribution is 5.94. The number of hydrogen-bond acceptors (Lipinski definition) is 5. The zero-order valence-electron chi connectivity index (χ0n) is 18.2. The maximum Gasteiger partial charge on any atom is 0.272 e. The van der Waals surface area contributed by atoms with Gasteiger partial charge < -0.3 is 19.1 Å². The maximum absolute atomic E-state index is 13.5. The number of carbonyl (C=O) groups is 1. The van der Waals surface area contributed by atoms with E-state index in [0.717, 1.165) is 22.7 Å². The predicted octanol–water partition coefficient (Wildman–Crippen LogP) is 3.81. The summed E-state index contributed by atoms with van der Waals surface area (Å²) in [5.74, 6) is 1.41. The van der Waals surface area contributed by atoms with E-state index in [1.54, 1.807) is 18.9 Å². The SMILES string of the molecule is COc1ccc(-n2nc(-c3cccc(OC)c3)cc2C(=O)N2C[C@@H](C)O[C@H](C)C2)cc1. The molecule has 2 heterocycles. The van der Waals surface area contributed by atoms with Crippen molar-refractivity contribution in [3.05, 3.63) is 60.3 Å². The molecule has 1 aliphatic heterocycles. The first-order valence-corrected chi connectivity index (χ1v) is 10.3. The molecule has 7 heteroatoms. The van der Waals surface area contributed by atoms with Crippen LogP contribution in [0.1, 0.15) is 24.3 Å². The largest absolute Gasteiger partial charge is 0.497 e. The van der Waals surface area contributed by atoms with Gasteiger partial charge in [-0.2, -0.15) is 5.10 Å². The average Bonchev–Trinajstić information content (AvgIpc) is 3.23. The lowest BCUT2D eigenvalue weighted by Crippen LogP contribution is -2.48. The first-order chi connectivity index (χ1) is 15.0. The molecule has 0 N–H and O–H groups in total. The van der Waals surface area contributed by atoms with E-state index in [4.69, 9.17) is 19.3 Å². The van der Waals surface area contributed by atoms with E-state index in [-0.39, 0.29) is 18.1 Å². The van der Waals surface area contributed by atoms with Gasteiger partial charge in [0.25, 0.3) is 5.91 Å². The van der Waals surface area contributed by atoms with Crippen LogP contribution in [0.5, 0.6) is 11.5 Å². The van der Waals surface area contributed by atoms with Gasteiger partial charge in [0.05, 0.1) is 37.8 Å².